The largest absolute Gasteiger partial charge is 0.373 e. The van der Waals surface area contributed by atoms with Crippen molar-refractivity contribution < 1.29 is 13.9 Å². The molecule has 3 nitrogen and oxygen atoms in total. The van der Waals surface area contributed by atoms with E-state index < -0.39 is 0 Å². The Labute approximate surface area is 146 Å². The molecule has 2 heterocycles. The van der Waals surface area contributed by atoms with E-state index in [0.29, 0.717) is 13.0 Å². The molecule has 2 aromatic rings. The van der Waals surface area contributed by atoms with E-state index in [1.807, 2.05) is 17.3 Å². The average molecular weight is 347 g/mol. The van der Waals surface area contributed by atoms with E-state index in [0.717, 1.165) is 24.8 Å². The average Bonchev–Trinajstić information content (AvgIpc) is 3.13. The number of nitrogens with zero attached hydrogens (tertiary/aromatic N) is 1. The summed E-state index contributed by atoms with van der Waals surface area (Å²) < 4.78 is 18.9. The molecule has 0 unspecified atom stereocenters. The maximum atomic E-state index is 13.1. The molecular weight excluding hydrogens is 325 g/mol. The predicted octanol–water partition coefficient (Wildman–Crippen LogP) is 4.20. The first-order valence-electron chi connectivity index (χ1n) is 8.27. The van der Waals surface area contributed by atoms with Gasteiger partial charge >= 0.3 is 0 Å². The van der Waals surface area contributed by atoms with Gasteiger partial charge in [-0.05, 0) is 59.3 Å². The Morgan fingerprint density at radius 3 is 2.83 bits per heavy atom. The van der Waals surface area contributed by atoms with Crippen LogP contribution in [0.2, 0.25) is 0 Å². The molecule has 1 amide bonds. The highest BCUT2D eigenvalue weighted by atomic mass is 32.1. The lowest BCUT2D eigenvalue weighted by Gasteiger charge is -2.35. The van der Waals surface area contributed by atoms with Crippen molar-refractivity contribution in [1.29, 1.82) is 0 Å². The highest BCUT2D eigenvalue weighted by Gasteiger charge is 2.28. The molecule has 1 saturated heterocycles. The van der Waals surface area contributed by atoms with Crippen LogP contribution in [0, 0.1) is 5.82 Å². The summed E-state index contributed by atoms with van der Waals surface area (Å²) in [6, 6.07) is 8.68. The van der Waals surface area contributed by atoms with Crippen molar-refractivity contribution in [1.82, 2.24) is 4.90 Å². The summed E-state index contributed by atoms with van der Waals surface area (Å²) in [6.07, 6.45) is 2.85. The Morgan fingerprint density at radius 1 is 1.33 bits per heavy atom. The number of rotatable bonds is 5. The fourth-order valence-electron chi connectivity index (χ4n) is 3.11. The van der Waals surface area contributed by atoms with Gasteiger partial charge in [0.1, 0.15) is 5.82 Å². The van der Waals surface area contributed by atoms with E-state index in [4.69, 9.17) is 4.74 Å². The summed E-state index contributed by atoms with van der Waals surface area (Å²) in [5.74, 6) is -0.0715. The van der Waals surface area contributed by atoms with Crippen molar-refractivity contribution in [3.8, 4) is 0 Å². The number of hydrogen-bond donors (Lipinski definition) is 0. The lowest BCUT2D eigenvalue weighted by atomic mass is 9.96. The molecule has 0 aliphatic carbocycles. The van der Waals surface area contributed by atoms with E-state index in [2.05, 4.69) is 11.4 Å². The molecule has 1 aliphatic heterocycles. The fourth-order valence-corrected chi connectivity index (χ4v) is 3.81. The van der Waals surface area contributed by atoms with E-state index >= 15 is 0 Å². The molecule has 0 N–H and O–H groups in total. The standard InChI is InChI=1S/C19H22FNO2S/c1-21(19(22)7-2-14-9-11-24-13-14)17-8-10-23-18(12-17)15-3-5-16(20)6-4-15/h3-6,9,11,13,17-18H,2,7-8,10,12H2,1H3/t17-,18+/m0/s1. The smallest absolute Gasteiger partial charge is 0.222 e. The Bertz CT molecular complexity index is 657. The van der Waals surface area contributed by atoms with Crippen molar-refractivity contribution >= 4 is 17.2 Å². The molecule has 1 aromatic heterocycles. The molecule has 128 valence electrons. The number of thiophene rings is 1. The van der Waals surface area contributed by atoms with Crippen LogP contribution in [0.3, 0.4) is 0 Å². The summed E-state index contributed by atoms with van der Waals surface area (Å²) >= 11 is 1.66. The highest BCUT2D eigenvalue weighted by molar-refractivity contribution is 7.07. The van der Waals surface area contributed by atoms with Crippen LogP contribution in [0.4, 0.5) is 4.39 Å². The summed E-state index contributed by atoms with van der Waals surface area (Å²) in [7, 11) is 1.88. The van der Waals surface area contributed by atoms with Gasteiger partial charge in [-0.25, -0.2) is 4.39 Å². The SMILES string of the molecule is CN(C(=O)CCc1ccsc1)[C@H]1CCO[C@@H](c2ccc(F)cc2)C1. The zero-order chi connectivity index (χ0) is 16.9. The molecule has 1 aliphatic rings. The Hall–Kier alpha value is -1.72. The Morgan fingerprint density at radius 2 is 2.12 bits per heavy atom. The molecule has 24 heavy (non-hydrogen) atoms. The van der Waals surface area contributed by atoms with Gasteiger partial charge in [0.25, 0.3) is 0 Å². The fraction of sp³-hybridized carbons (Fsp3) is 0.421. The molecule has 0 saturated carbocycles. The molecule has 2 atom stereocenters. The van der Waals surface area contributed by atoms with Crippen LogP contribution >= 0.6 is 11.3 Å². The van der Waals surface area contributed by atoms with Crippen LogP contribution in [0.5, 0.6) is 0 Å². The minimum atomic E-state index is -0.244. The van der Waals surface area contributed by atoms with Gasteiger partial charge in [0, 0.05) is 26.1 Å². The monoisotopic (exact) mass is 347 g/mol. The molecule has 0 bridgehead atoms. The van der Waals surface area contributed by atoms with Crippen LogP contribution in [-0.2, 0) is 16.0 Å². The summed E-state index contributed by atoms with van der Waals surface area (Å²) in [4.78, 5) is 14.3. The molecule has 3 rings (SSSR count). The van der Waals surface area contributed by atoms with Gasteiger partial charge in [0.15, 0.2) is 0 Å². The lowest BCUT2D eigenvalue weighted by Crippen LogP contribution is -2.41. The van der Waals surface area contributed by atoms with Gasteiger partial charge in [-0.3, -0.25) is 4.79 Å². The quantitative estimate of drug-likeness (QED) is 0.811. The molecule has 5 heteroatoms. The number of hydrogen-bond acceptors (Lipinski definition) is 3. The van der Waals surface area contributed by atoms with Gasteiger partial charge in [-0.15, -0.1) is 0 Å². The number of aryl methyl sites for hydroxylation is 1. The van der Waals surface area contributed by atoms with Crippen LogP contribution < -0.4 is 0 Å². The maximum absolute atomic E-state index is 13.1. The maximum Gasteiger partial charge on any atom is 0.222 e. The lowest BCUT2D eigenvalue weighted by molar-refractivity contribution is -0.135. The van der Waals surface area contributed by atoms with Crippen molar-refractivity contribution in [2.45, 2.75) is 37.8 Å². The van der Waals surface area contributed by atoms with Crippen LogP contribution in [0.1, 0.15) is 36.5 Å². The second-order valence-electron chi connectivity index (χ2n) is 6.23. The highest BCUT2D eigenvalue weighted by Crippen LogP contribution is 2.30. The third-order valence-corrected chi connectivity index (χ3v) is 5.38. The van der Waals surface area contributed by atoms with Crippen molar-refractivity contribution in [2.75, 3.05) is 13.7 Å². The topological polar surface area (TPSA) is 29.5 Å². The first kappa shape index (κ1) is 17.1. The van der Waals surface area contributed by atoms with E-state index in [-0.39, 0.29) is 23.9 Å². The number of ether oxygens (including phenoxy) is 1. The van der Waals surface area contributed by atoms with Crippen LogP contribution in [0.25, 0.3) is 0 Å². The number of carbonyl (C=O) groups is 1. The molecular formula is C19H22FNO2S. The Kier molecular flexibility index (Phi) is 5.63. The second-order valence-corrected chi connectivity index (χ2v) is 7.01. The van der Waals surface area contributed by atoms with Crippen molar-refractivity contribution in [2.24, 2.45) is 0 Å². The summed E-state index contributed by atoms with van der Waals surface area (Å²) in [6.45, 7) is 0.620. The first-order chi connectivity index (χ1) is 11.6. The zero-order valence-electron chi connectivity index (χ0n) is 13.8. The molecule has 1 aromatic carbocycles. The van der Waals surface area contributed by atoms with E-state index in [1.54, 1.807) is 23.5 Å². The van der Waals surface area contributed by atoms with Gasteiger partial charge < -0.3 is 9.64 Å². The number of halogens is 1. The molecule has 0 radical (unpaired) electrons. The molecule has 0 spiro atoms. The number of amides is 1. The number of carbonyl (C=O) groups excluding carboxylic acids is 1. The van der Waals surface area contributed by atoms with E-state index in [1.165, 1.54) is 17.7 Å². The summed E-state index contributed by atoms with van der Waals surface area (Å²) in [5.41, 5.74) is 2.19. The third-order valence-electron chi connectivity index (χ3n) is 4.65. The first-order valence-corrected chi connectivity index (χ1v) is 9.21. The van der Waals surface area contributed by atoms with Crippen molar-refractivity contribution in [3.63, 3.8) is 0 Å². The molecule has 1 fully saturated rings. The van der Waals surface area contributed by atoms with Crippen LogP contribution in [-0.4, -0.2) is 30.5 Å². The zero-order valence-corrected chi connectivity index (χ0v) is 14.6. The minimum Gasteiger partial charge on any atom is -0.373 e. The summed E-state index contributed by atoms with van der Waals surface area (Å²) in [5, 5.41) is 4.13. The Balaban J connectivity index is 1.56. The van der Waals surface area contributed by atoms with E-state index in [9.17, 15) is 9.18 Å². The minimum absolute atomic E-state index is 0.0727. The normalized spacial score (nSPS) is 20.8. The van der Waals surface area contributed by atoms with Crippen molar-refractivity contribution in [3.05, 3.63) is 58.0 Å². The van der Waals surface area contributed by atoms with Gasteiger partial charge in [-0.2, -0.15) is 11.3 Å². The van der Waals surface area contributed by atoms with Gasteiger partial charge in [-0.1, -0.05) is 12.1 Å². The predicted molar refractivity (Wildman–Crippen MR) is 93.5 cm³/mol. The van der Waals surface area contributed by atoms with Gasteiger partial charge in [0.2, 0.25) is 5.91 Å². The van der Waals surface area contributed by atoms with Gasteiger partial charge in [0.05, 0.1) is 6.10 Å². The third kappa shape index (κ3) is 4.22. The van der Waals surface area contributed by atoms with Crippen LogP contribution in [0.15, 0.2) is 41.1 Å². The number of benzene rings is 1. The second kappa shape index (κ2) is 7.90.